The Kier molecular flexibility index (Phi) is 5.34. The van der Waals surface area contributed by atoms with Crippen molar-refractivity contribution >= 4 is 15.9 Å². The molecule has 0 aliphatic heterocycles. The number of methoxy groups -OCH3 is 2. The lowest BCUT2D eigenvalue weighted by molar-refractivity contribution is 0.168. The van der Waals surface area contributed by atoms with E-state index in [1.807, 2.05) is 0 Å². The zero-order chi connectivity index (χ0) is 11.1. The van der Waals surface area contributed by atoms with Gasteiger partial charge in [0.05, 0.1) is 24.4 Å². The molecule has 0 aromatic carbocycles. The summed E-state index contributed by atoms with van der Waals surface area (Å²) in [6.07, 6.45) is 2.40. The third-order valence-corrected chi connectivity index (χ3v) is 2.15. The molecule has 84 valence electrons. The maximum atomic E-state index is 5.30. The van der Waals surface area contributed by atoms with Crippen LogP contribution in [-0.2, 0) is 4.74 Å². The van der Waals surface area contributed by atoms with Crippen LogP contribution < -0.4 is 9.47 Å². The van der Waals surface area contributed by atoms with Crippen molar-refractivity contribution in [3.8, 4) is 11.9 Å². The van der Waals surface area contributed by atoms with E-state index in [4.69, 9.17) is 14.2 Å². The molecule has 0 spiro atoms. The Morgan fingerprint density at radius 2 is 2.13 bits per heavy atom. The molecule has 0 fully saturated rings. The minimum absolute atomic E-state index is 0.311. The molecule has 0 saturated carbocycles. The van der Waals surface area contributed by atoms with Gasteiger partial charge < -0.3 is 14.2 Å². The van der Waals surface area contributed by atoms with Crippen molar-refractivity contribution in [3.05, 3.63) is 10.7 Å². The smallest absolute Gasteiger partial charge is 0.319 e. The summed E-state index contributed by atoms with van der Waals surface area (Å²) in [5.74, 6) is 0.465. The van der Waals surface area contributed by atoms with E-state index in [9.17, 15) is 0 Å². The Labute approximate surface area is 96.9 Å². The minimum atomic E-state index is 0.311. The molecular weight excluding hydrogens is 264 g/mol. The van der Waals surface area contributed by atoms with Crippen molar-refractivity contribution < 1.29 is 14.2 Å². The molecule has 5 nitrogen and oxygen atoms in total. The summed E-state index contributed by atoms with van der Waals surface area (Å²) in [5.41, 5.74) is 0. The molecular formula is C9H13BrN2O3. The molecule has 1 aromatic heterocycles. The van der Waals surface area contributed by atoms with E-state index in [2.05, 4.69) is 25.9 Å². The van der Waals surface area contributed by atoms with Gasteiger partial charge in [0.15, 0.2) is 0 Å². The van der Waals surface area contributed by atoms with Gasteiger partial charge in [-0.1, -0.05) is 0 Å². The van der Waals surface area contributed by atoms with Gasteiger partial charge in [-0.05, 0) is 15.9 Å². The van der Waals surface area contributed by atoms with Crippen LogP contribution >= 0.6 is 15.9 Å². The van der Waals surface area contributed by atoms with Crippen molar-refractivity contribution in [1.82, 2.24) is 9.97 Å². The van der Waals surface area contributed by atoms with Crippen LogP contribution in [0.2, 0.25) is 0 Å². The predicted octanol–water partition coefficient (Wildman–Crippen LogP) is 1.66. The van der Waals surface area contributed by atoms with Crippen LogP contribution in [-0.4, -0.2) is 37.4 Å². The van der Waals surface area contributed by atoms with Gasteiger partial charge in [-0.2, -0.15) is 4.98 Å². The van der Waals surface area contributed by atoms with Gasteiger partial charge in [0.2, 0.25) is 5.88 Å². The lowest BCUT2D eigenvalue weighted by atomic mass is 10.5. The first-order valence-electron chi connectivity index (χ1n) is 4.46. The first-order chi connectivity index (χ1) is 7.27. The number of aromatic nitrogens is 2. The molecule has 0 N–H and O–H groups in total. The molecule has 1 heterocycles. The summed E-state index contributed by atoms with van der Waals surface area (Å²) >= 11 is 3.26. The maximum Gasteiger partial charge on any atom is 0.319 e. The van der Waals surface area contributed by atoms with Crippen LogP contribution in [0.3, 0.4) is 0 Å². The van der Waals surface area contributed by atoms with Gasteiger partial charge >= 0.3 is 6.01 Å². The molecule has 0 bridgehead atoms. The van der Waals surface area contributed by atoms with E-state index in [0.717, 1.165) is 6.42 Å². The standard InChI is InChI=1S/C9H13BrN2O3/c1-13-4-3-5-15-9-11-6-7(10)8(12-9)14-2/h6H,3-5H2,1-2H3. The number of hydrogen-bond acceptors (Lipinski definition) is 5. The molecule has 0 aliphatic rings. The molecule has 0 unspecified atom stereocenters. The SMILES string of the molecule is COCCCOc1ncc(Br)c(OC)n1. The van der Waals surface area contributed by atoms with Crippen LogP contribution in [0.4, 0.5) is 0 Å². The zero-order valence-electron chi connectivity index (χ0n) is 8.70. The fourth-order valence-corrected chi connectivity index (χ4v) is 1.27. The van der Waals surface area contributed by atoms with Gasteiger partial charge in [-0.25, -0.2) is 4.98 Å². The predicted molar refractivity (Wildman–Crippen MR) is 58.3 cm³/mol. The second kappa shape index (κ2) is 6.58. The topological polar surface area (TPSA) is 53.5 Å². The van der Waals surface area contributed by atoms with Gasteiger partial charge in [-0.3, -0.25) is 0 Å². The van der Waals surface area contributed by atoms with E-state index >= 15 is 0 Å². The van der Waals surface area contributed by atoms with Crippen LogP contribution in [0.1, 0.15) is 6.42 Å². The fourth-order valence-electron chi connectivity index (χ4n) is 0.916. The number of hydrogen-bond donors (Lipinski definition) is 0. The molecule has 0 saturated heterocycles. The largest absolute Gasteiger partial charge is 0.480 e. The van der Waals surface area contributed by atoms with Crippen LogP contribution in [0, 0.1) is 0 Å². The highest BCUT2D eigenvalue weighted by atomic mass is 79.9. The number of rotatable bonds is 6. The van der Waals surface area contributed by atoms with Gasteiger partial charge in [0, 0.05) is 20.1 Å². The highest BCUT2D eigenvalue weighted by Crippen LogP contribution is 2.22. The van der Waals surface area contributed by atoms with Crippen molar-refractivity contribution in [3.63, 3.8) is 0 Å². The molecule has 15 heavy (non-hydrogen) atoms. The molecule has 0 aliphatic carbocycles. The normalized spacial score (nSPS) is 10.1. The van der Waals surface area contributed by atoms with E-state index in [0.29, 0.717) is 29.6 Å². The Balaban J connectivity index is 2.47. The molecule has 1 aromatic rings. The fraction of sp³-hybridized carbons (Fsp3) is 0.556. The van der Waals surface area contributed by atoms with Crippen molar-refractivity contribution in [2.75, 3.05) is 27.4 Å². The second-order valence-electron chi connectivity index (χ2n) is 2.70. The summed E-state index contributed by atoms with van der Waals surface area (Å²) in [4.78, 5) is 8.03. The lowest BCUT2D eigenvalue weighted by Crippen LogP contribution is -2.04. The number of ether oxygens (including phenoxy) is 3. The highest BCUT2D eigenvalue weighted by Gasteiger charge is 2.05. The van der Waals surface area contributed by atoms with Crippen LogP contribution in [0.5, 0.6) is 11.9 Å². The summed E-state index contributed by atoms with van der Waals surface area (Å²) < 4.78 is 15.9. The average molecular weight is 277 g/mol. The maximum absolute atomic E-state index is 5.30. The third kappa shape index (κ3) is 4.01. The van der Waals surface area contributed by atoms with Crippen molar-refractivity contribution in [1.29, 1.82) is 0 Å². The Bertz CT molecular complexity index is 309. The quantitative estimate of drug-likeness (QED) is 0.740. The Morgan fingerprint density at radius 1 is 1.33 bits per heavy atom. The average Bonchev–Trinajstić information content (AvgIpc) is 2.26. The van der Waals surface area contributed by atoms with Crippen LogP contribution in [0.15, 0.2) is 10.7 Å². The van der Waals surface area contributed by atoms with Gasteiger partial charge in [-0.15, -0.1) is 0 Å². The monoisotopic (exact) mass is 276 g/mol. The zero-order valence-corrected chi connectivity index (χ0v) is 10.3. The van der Waals surface area contributed by atoms with E-state index in [1.165, 1.54) is 0 Å². The molecule has 0 amide bonds. The van der Waals surface area contributed by atoms with E-state index in [-0.39, 0.29) is 0 Å². The first kappa shape index (κ1) is 12.2. The molecule has 0 atom stereocenters. The Morgan fingerprint density at radius 3 is 2.80 bits per heavy atom. The van der Waals surface area contributed by atoms with Crippen LogP contribution in [0.25, 0.3) is 0 Å². The summed E-state index contributed by atoms with van der Waals surface area (Å²) in [6.45, 7) is 1.19. The second-order valence-corrected chi connectivity index (χ2v) is 3.56. The van der Waals surface area contributed by atoms with E-state index < -0.39 is 0 Å². The summed E-state index contributed by atoms with van der Waals surface area (Å²) in [5, 5.41) is 0. The number of nitrogens with zero attached hydrogens (tertiary/aromatic N) is 2. The van der Waals surface area contributed by atoms with Crippen molar-refractivity contribution in [2.45, 2.75) is 6.42 Å². The molecule has 0 radical (unpaired) electrons. The third-order valence-electron chi connectivity index (χ3n) is 1.61. The van der Waals surface area contributed by atoms with Gasteiger partial charge in [0.1, 0.15) is 0 Å². The summed E-state index contributed by atoms with van der Waals surface area (Å²) in [7, 11) is 3.20. The minimum Gasteiger partial charge on any atom is -0.480 e. The summed E-state index contributed by atoms with van der Waals surface area (Å²) in [6, 6.07) is 0.311. The number of halogens is 1. The Hall–Kier alpha value is -0.880. The van der Waals surface area contributed by atoms with Gasteiger partial charge in [0.25, 0.3) is 0 Å². The lowest BCUT2D eigenvalue weighted by Gasteiger charge is -2.06. The first-order valence-corrected chi connectivity index (χ1v) is 5.25. The molecule has 1 rings (SSSR count). The molecule has 6 heteroatoms. The van der Waals surface area contributed by atoms with E-state index in [1.54, 1.807) is 20.4 Å². The van der Waals surface area contributed by atoms with Crippen molar-refractivity contribution in [2.24, 2.45) is 0 Å². The highest BCUT2D eigenvalue weighted by molar-refractivity contribution is 9.10.